The van der Waals surface area contributed by atoms with Gasteiger partial charge in [-0.25, -0.2) is 4.98 Å². The molecule has 0 bridgehead atoms. The fraction of sp³-hybridized carbons (Fsp3) is 0.571. The summed E-state index contributed by atoms with van der Waals surface area (Å²) in [6, 6.07) is 8.82. The van der Waals surface area contributed by atoms with Gasteiger partial charge in [-0.2, -0.15) is 4.37 Å². The number of rotatable bonds is 11. The lowest BCUT2D eigenvalue weighted by Gasteiger charge is -2.27. The van der Waals surface area contributed by atoms with E-state index in [0.717, 1.165) is 43.2 Å². The average Bonchev–Trinajstić information content (AvgIpc) is 3.12. The summed E-state index contributed by atoms with van der Waals surface area (Å²) in [5.41, 5.74) is 2.47. The molecule has 0 spiro atoms. The lowest BCUT2D eigenvalue weighted by Crippen LogP contribution is -2.36. The molecule has 0 unspecified atom stereocenters. The smallest absolute Gasteiger partial charge is 0.221 e. The van der Waals surface area contributed by atoms with E-state index in [9.17, 15) is 4.79 Å². The summed E-state index contributed by atoms with van der Waals surface area (Å²) in [5.74, 6) is 0.959. The first-order valence-corrected chi connectivity index (χ1v) is 10.7. The fourth-order valence-corrected chi connectivity index (χ4v) is 3.58. The maximum Gasteiger partial charge on any atom is 0.221 e. The molecule has 1 atom stereocenters. The zero-order chi connectivity index (χ0) is 19.6. The Morgan fingerprint density at radius 3 is 2.67 bits per heavy atom. The van der Waals surface area contributed by atoms with Crippen molar-refractivity contribution in [3.8, 4) is 0 Å². The Kier molecular flexibility index (Phi) is 8.72. The van der Waals surface area contributed by atoms with Crippen LogP contribution in [0.1, 0.15) is 63.4 Å². The van der Waals surface area contributed by atoms with Gasteiger partial charge in [0.15, 0.2) is 0 Å². The highest BCUT2D eigenvalue weighted by Crippen LogP contribution is 2.22. The van der Waals surface area contributed by atoms with Crippen molar-refractivity contribution in [1.29, 1.82) is 0 Å². The minimum absolute atomic E-state index is 0.112. The van der Waals surface area contributed by atoms with Crippen LogP contribution in [0.5, 0.6) is 0 Å². The molecule has 0 saturated carbocycles. The van der Waals surface area contributed by atoms with Gasteiger partial charge in [-0.15, -0.1) is 0 Å². The van der Waals surface area contributed by atoms with E-state index in [2.05, 4.69) is 66.6 Å². The summed E-state index contributed by atoms with van der Waals surface area (Å²) in [7, 11) is 0. The topological polar surface area (TPSA) is 58.1 Å². The summed E-state index contributed by atoms with van der Waals surface area (Å²) in [4.78, 5) is 19.0. The number of anilines is 1. The molecule has 27 heavy (non-hydrogen) atoms. The van der Waals surface area contributed by atoms with Crippen LogP contribution in [0.3, 0.4) is 0 Å². The largest absolute Gasteiger partial charge is 0.356 e. The molecule has 1 N–H and O–H groups in total. The van der Waals surface area contributed by atoms with E-state index in [0.29, 0.717) is 19.0 Å². The predicted octanol–water partition coefficient (Wildman–Crippen LogP) is 4.35. The van der Waals surface area contributed by atoms with Gasteiger partial charge in [0.1, 0.15) is 5.82 Å². The SMILES string of the molecule is CCCCNC(=O)CCN(c1nc(Cc2ccc(C)cc2)ns1)[C@@H](C)CC. The Morgan fingerprint density at radius 2 is 2.00 bits per heavy atom. The van der Waals surface area contributed by atoms with Crippen LogP contribution in [-0.4, -0.2) is 34.4 Å². The first kappa shape index (κ1) is 21.4. The van der Waals surface area contributed by atoms with Gasteiger partial charge in [0.05, 0.1) is 0 Å². The molecule has 148 valence electrons. The molecule has 0 fully saturated rings. The number of aromatic nitrogens is 2. The first-order valence-electron chi connectivity index (χ1n) is 9.95. The summed E-state index contributed by atoms with van der Waals surface area (Å²) >= 11 is 1.43. The molecular formula is C21H32N4OS. The van der Waals surface area contributed by atoms with Gasteiger partial charge in [0.25, 0.3) is 0 Å². The Labute approximate surface area is 167 Å². The highest BCUT2D eigenvalue weighted by Gasteiger charge is 2.19. The Balaban J connectivity index is 1.98. The monoisotopic (exact) mass is 388 g/mol. The number of hydrogen-bond donors (Lipinski definition) is 1. The van der Waals surface area contributed by atoms with Crippen molar-refractivity contribution in [2.75, 3.05) is 18.0 Å². The van der Waals surface area contributed by atoms with Gasteiger partial charge in [-0.1, -0.05) is 50.1 Å². The van der Waals surface area contributed by atoms with Gasteiger partial charge in [-0.05, 0) is 32.3 Å². The van der Waals surface area contributed by atoms with Gasteiger partial charge < -0.3 is 10.2 Å². The van der Waals surface area contributed by atoms with Crippen molar-refractivity contribution in [3.63, 3.8) is 0 Å². The maximum absolute atomic E-state index is 12.1. The molecule has 2 aromatic rings. The molecule has 1 aromatic carbocycles. The third kappa shape index (κ3) is 6.94. The second-order valence-corrected chi connectivity index (χ2v) is 7.79. The molecule has 1 amide bonds. The van der Waals surface area contributed by atoms with Crippen LogP contribution in [-0.2, 0) is 11.2 Å². The quantitative estimate of drug-likeness (QED) is 0.582. The molecule has 1 aromatic heterocycles. The van der Waals surface area contributed by atoms with Crippen molar-refractivity contribution in [1.82, 2.24) is 14.7 Å². The number of carbonyl (C=O) groups is 1. The Bertz CT molecular complexity index is 698. The third-order valence-electron chi connectivity index (χ3n) is 4.74. The minimum atomic E-state index is 0.112. The summed E-state index contributed by atoms with van der Waals surface area (Å²) in [6.07, 6.45) is 4.35. The highest BCUT2D eigenvalue weighted by molar-refractivity contribution is 7.09. The molecule has 5 nitrogen and oxygen atoms in total. The molecule has 0 saturated heterocycles. The van der Waals surface area contributed by atoms with Crippen LogP contribution < -0.4 is 10.2 Å². The van der Waals surface area contributed by atoms with Crippen LogP contribution in [0.2, 0.25) is 0 Å². The number of unbranched alkanes of at least 4 members (excludes halogenated alkanes) is 1. The van der Waals surface area contributed by atoms with Crippen LogP contribution in [0.4, 0.5) is 5.13 Å². The van der Waals surface area contributed by atoms with Crippen LogP contribution >= 0.6 is 11.5 Å². The van der Waals surface area contributed by atoms with Gasteiger partial charge in [0, 0.05) is 43.5 Å². The number of hydrogen-bond acceptors (Lipinski definition) is 5. The number of nitrogens with zero attached hydrogens (tertiary/aromatic N) is 3. The average molecular weight is 389 g/mol. The number of amides is 1. The Hall–Kier alpha value is -1.95. The van der Waals surface area contributed by atoms with Crippen molar-refractivity contribution in [2.45, 2.75) is 65.8 Å². The molecule has 1 heterocycles. The summed E-state index contributed by atoms with van der Waals surface area (Å²) < 4.78 is 4.55. The molecule has 0 aliphatic heterocycles. The van der Waals surface area contributed by atoms with E-state index in [1.54, 1.807) is 0 Å². The normalized spacial score (nSPS) is 12.0. The zero-order valence-electron chi connectivity index (χ0n) is 17.0. The molecule has 0 radical (unpaired) electrons. The van der Waals surface area contributed by atoms with Gasteiger partial charge >= 0.3 is 0 Å². The number of nitrogens with one attached hydrogen (secondary N) is 1. The molecular weight excluding hydrogens is 356 g/mol. The van der Waals surface area contributed by atoms with Crippen LogP contribution in [0, 0.1) is 6.92 Å². The zero-order valence-corrected chi connectivity index (χ0v) is 17.8. The van der Waals surface area contributed by atoms with Crippen LogP contribution in [0.25, 0.3) is 0 Å². The summed E-state index contributed by atoms with van der Waals surface area (Å²) in [5, 5.41) is 3.90. The third-order valence-corrected chi connectivity index (χ3v) is 5.53. The van der Waals surface area contributed by atoms with E-state index < -0.39 is 0 Å². The van der Waals surface area contributed by atoms with Crippen molar-refractivity contribution < 1.29 is 4.79 Å². The van der Waals surface area contributed by atoms with Crippen molar-refractivity contribution >= 4 is 22.6 Å². The minimum Gasteiger partial charge on any atom is -0.356 e. The number of carbonyl (C=O) groups excluding carboxylic acids is 1. The first-order chi connectivity index (χ1) is 13.0. The Morgan fingerprint density at radius 1 is 1.26 bits per heavy atom. The second-order valence-electron chi connectivity index (χ2n) is 7.06. The lowest BCUT2D eigenvalue weighted by molar-refractivity contribution is -0.120. The number of benzene rings is 1. The fourth-order valence-electron chi connectivity index (χ4n) is 2.76. The number of aryl methyl sites for hydroxylation is 1. The molecule has 2 rings (SSSR count). The maximum atomic E-state index is 12.1. The van der Waals surface area contributed by atoms with E-state index in [1.165, 1.54) is 22.7 Å². The predicted molar refractivity (Wildman–Crippen MR) is 114 cm³/mol. The lowest BCUT2D eigenvalue weighted by atomic mass is 10.1. The molecule has 0 aliphatic rings. The van der Waals surface area contributed by atoms with Crippen LogP contribution in [0.15, 0.2) is 24.3 Å². The van der Waals surface area contributed by atoms with Crippen molar-refractivity contribution in [2.24, 2.45) is 0 Å². The standard InChI is InChI=1S/C21H32N4OS/c1-5-7-13-22-20(26)12-14-25(17(4)6-2)21-23-19(24-27-21)15-18-10-8-16(3)9-11-18/h8-11,17H,5-7,12-15H2,1-4H3,(H,22,26)/t17-/m0/s1. The van der Waals surface area contributed by atoms with E-state index >= 15 is 0 Å². The molecule has 0 aliphatic carbocycles. The highest BCUT2D eigenvalue weighted by atomic mass is 32.1. The van der Waals surface area contributed by atoms with E-state index in [4.69, 9.17) is 4.98 Å². The van der Waals surface area contributed by atoms with E-state index in [1.807, 2.05) is 0 Å². The second kappa shape index (κ2) is 11.0. The van der Waals surface area contributed by atoms with Gasteiger partial charge in [-0.3, -0.25) is 4.79 Å². The van der Waals surface area contributed by atoms with Gasteiger partial charge in [0.2, 0.25) is 11.0 Å². The molecule has 6 heteroatoms. The van der Waals surface area contributed by atoms with E-state index in [-0.39, 0.29) is 5.91 Å². The van der Waals surface area contributed by atoms with Crippen molar-refractivity contribution in [3.05, 3.63) is 41.2 Å². The summed E-state index contributed by atoms with van der Waals surface area (Å²) in [6.45, 7) is 9.99.